The van der Waals surface area contributed by atoms with Crippen molar-refractivity contribution in [3.8, 4) is 12.3 Å². The molecular weight excluding hydrogens is 240 g/mol. The molecule has 0 heteroatoms. The van der Waals surface area contributed by atoms with E-state index >= 15 is 0 Å². The van der Waals surface area contributed by atoms with E-state index in [1.54, 1.807) is 0 Å². The van der Waals surface area contributed by atoms with Gasteiger partial charge >= 0.3 is 0 Å². The first-order chi connectivity index (χ1) is 9.62. The summed E-state index contributed by atoms with van der Waals surface area (Å²) in [6, 6.07) is 6.31. The standard InChI is InChI=1S/C20H24/c1-6-9-10-11-17(5)19-13-12-18(8-3)20(15-19)14-16(4)7-2/h3,9-15H,6-7H2,1-2,4-5H3/b10-9+,16-14-,17-11+. The Labute approximate surface area is 123 Å². The molecule has 1 aromatic rings. The van der Waals surface area contributed by atoms with Crippen molar-refractivity contribution in [2.24, 2.45) is 0 Å². The number of allylic oxidation sites excluding steroid dienone is 5. The summed E-state index contributed by atoms with van der Waals surface area (Å²) in [4.78, 5) is 0. The van der Waals surface area contributed by atoms with Crippen LogP contribution in [0.15, 0.2) is 42.0 Å². The van der Waals surface area contributed by atoms with Crippen LogP contribution in [0, 0.1) is 12.3 Å². The van der Waals surface area contributed by atoms with E-state index in [-0.39, 0.29) is 0 Å². The van der Waals surface area contributed by atoms with Gasteiger partial charge in [0.25, 0.3) is 0 Å². The Bertz CT molecular complexity index is 575. The molecule has 0 unspecified atom stereocenters. The first-order valence-corrected chi connectivity index (χ1v) is 7.24. The quantitative estimate of drug-likeness (QED) is 0.462. The zero-order chi connectivity index (χ0) is 15.0. The van der Waals surface area contributed by atoms with Gasteiger partial charge in [0.15, 0.2) is 0 Å². The molecule has 1 aromatic carbocycles. The van der Waals surface area contributed by atoms with Crippen molar-refractivity contribution in [1.29, 1.82) is 0 Å². The van der Waals surface area contributed by atoms with Gasteiger partial charge in [-0.05, 0) is 55.5 Å². The molecule has 0 saturated heterocycles. The maximum Gasteiger partial charge on any atom is 0.0315 e. The predicted molar refractivity (Wildman–Crippen MR) is 91.4 cm³/mol. The molecule has 1 rings (SSSR count). The average molecular weight is 264 g/mol. The fourth-order valence-corrected chi connectivity index (χ4v) is 1.87. The van der Waals surface area contributed by atoms with E-state index in [9.17, 15) is 0 Å². The summed E-state index contributed by atoms with van der Waals surface area (Å²) < 4.78 is 0. The molecule has 0 aliphatic heterocycles. The second kappa shape index (κ2) is 8.23. The zero-order valence-electron chi connectivity index (χ0n) is 13.0. The summed E-state index contributed by atoms with van der Waals surface area (Å²) in [5, 5.41) is 0. The Kier molecular flexibility index (Phi) is 6.60. The maximum atomic E-state index is 5.59. The van der Waals surface area contributed by atoms with Crippen molar-refractivity contribution in [3.63, 3.8) is 0 Å². The molecule has 0 N–H and O–H groups in total. The van der Waals surface area contributed by atoms with Crippen LogP contribution >= 0.6 is 0 Å². The van der Waals surface area contributed by atoms with E-state index in [0.29, 0.717) is 0 Å². The van der Waals surface area contributed by atoms with Gasteiger partial charge in [0.05, 0.1) is 0 Å². The van der Waals surface area contributed by atoms with Gasteiger partial charge in [-0.3, -0.25) is 0 Å². The Morgan fingerprint density at radius 2 is 2.00 bits per heavy atom. The largest absolute Gasteiger partial charge is 0.115 e. The van der Waals surface area contributed by atoms with Gasteiger partial charge in [-0.2, -0.15) is 0 Å². The Morgan fingerprint density at radius 1 is 1.25 bits per heavy atom. The van der Waals surface area contributed by atoms with Crippen LogP contribution in [0.3, 0.4) is 0 Å². The van der Waals surface area contributed by atoms with Crippen LogP contribution in [0.1, 0.15) is 57.2 Å². The van der Waals surface area contributed by atoms with Crippen LogP contribution < -0.4 is 0 Å². The molecule has 0 radical (unpaired) electrons. The minimum Gasteiger partial charge on any atom is -0.115 e. The molecule has 0 spiro atoms. The molecule has 0 aliphatic carbocycles. The summed E-state index contributed by atoms with van der Waals surface area (Å²) in [5.74, 6) is 2.77. The second-order valence-corrected chi connectivity index (χ2v) is 4.98. The van der Waals surface area contributed by atoms with E-state index in [4.69, 9.17) is 6.42 Å². The summed E-state index contributed by atoms with van der Waals surface area (Å²) in [5.41, 5.74) is 5.91. The fourth-order valence-electron chi connectivity index (χ4n) is 1.87. The van der Waals surface area contributed by atoms with Crippen LogP contribution in [0.25, 0.3) is 11.6 Å². The van der Waals surface area contributed by atoms with Crippen molar-refractivity contribution in [3.05, 3.63) is 58.7 Å². The molecule has 0 fully saturated rings. The van der Waals surface area contributed by atoms with Gasteiger partial charge < -0.3 is 0 Å². The monoisotopic (exact) mass is 264 g/mol. The highest BCUT2D eigenvalue weighted by molar-refractivity contribution is 5.71. The molecule has 0 nitrogen and oxygen atoms in total. The first kappa shape index (κ1) is 16.1. The average Bonchev–Trinajstić information content (AvgIpc) is 2.47. The third kappa shape index (κ3) is 4.59. The van der Waals surface area contributed by atoms with E-state index in [2.05, 4.69) is 70.1 Å². The molecule has 0 bridgehead atoms. The summed E-state index contributed by atoms with van der Waals surface area (Å²) in [6.07, 6.45) is 16.3. The van der Waals surface area contributed by atoms with Crippen LogP contribution in [-0.4, -0.2) is 0 Å². The van der Waals surface area contributed by atoms with Crippen LogP contribution in [0.2, 0.25) is 0 Å². The smallest absolute Gasteiger partial charge is 0.0315 e. The van der Waals surface area contributed by atoms with Gasteiger partial charge in [0.2, 0.25) is 0 Å². The highest BCUT2D eigenvalue weighted by Crippen LogP contribution is 2.21. The highest BCUT2D eigenvalue weighted by Gasteiger charge is 2.02. The minimum atomic E-state index is 0.957. The molecule has 0 amide bonds. The lowest BCUT2D eigenvalue weighted by molar-refractivity contribution is 1.11. The van der Waals surface area contributed by atoms with Crippen molar-refractivity contribution in [2.75, 3.05) is 0 Å². The summed E-state index contributed by atoms with van der Waals surface area (Å²) >= 11 is 0. The molecule has 0 atom stereocenters. The highest BCUT2D eigenvalue weighted by atomic mass is 14.1. The number of rotatable bonds is 5. The van der Waals surface area contributed by atoms with E-state index in [1.807, 2.05) is 6.07 Å². The van der Waals surface area contributed by atoms with Gasteiger partial charge in [-0.1, -0.05) is 55.7 Å². The predicted octanol–water partition coefficient (Wildman–Crippen LogP) is 5.85. The third-order valence-corrected chi connectivity index (χ3v) is 3.34. The lowest BCUT2D eigenvalue weighted by atomic mass is 9.98. The van der Waals surface area contributed by atoms with E-state index in [0.717, 1.165) is 24.0 Å². The normalized spacial score (nSPS) is 12.8. The minimum absolute atomic E-state index is 0.957. The van der Waals surface area contributed by atoms with Crippen LogP contribution in [-0.2, 0) is 0 Å². The van der Waals surface area contributed by atoms with Crippen molar-refractivity contribution < 1.29 is 0 Å². The SMILES string of the molecule is C#Cc1ccc(/C(C)=C/C=C/CC)cc1/C=C(/C)CC. The van der Waals surface area contributed by atoms with Crippen molar-refractivity contribution in [2.45, 2.75) is 40.5 Å². The van der Waals surface area contributed by atoms with E-state index in [1.165, 1.54) is 16.7 Å². The molecule has 104 valence electrons. The van der Waals surface area contributed by atoms with Gasteiger partial charge in [0, 0.05) is 5.56 Å². The Balaban J connectivity index is 3.20. The number of terminal acetylenes is 1. The zero-order valence-corrected chi connectivity index (χ0v) is 13.0. The molecule has 0 saturated carbocycles. The Hall–Kier alpha value is -2.00. The van der Waals surface area contributed by atoms with Gasteiger partial charge in [-0.25, -0.2) is 0 Å². The van der Waals surface area contributed by atoms with Gasteiger partial charge in [-0.15, -0.1) is 6.42 Å². The molecule has 0 aromatic heterocycles. The Morgan fingerprint density at radius 3 is 2.60 bits per heavy atom. The maximum absolute atomic E-state index is 5.59. The number of hydrogen-bond acceptors (Lipinski definition) is 0. The second-order valence-electron chi connectivity index (χ2n) is 4.98. The molecule has 0 aliphatic rings. The summed E-state index contributed by atoms with van der Waals surface area (Å²) in [6.45, 7) is 8.56. The van der Waals surface area contributed by atoms with Crippen molar-refractivity contribution >= 4 is 11.6 Å². The molecule has 20 heavy (non-hydrogen) atoms. The number of benzene rings is 1. The van der Waals surface area contributed by atoms with Gasteiger partial charge in [0.1, 0.15) is 0 Å². The first-order valence-electron chi connectivity index (χ1n) is 7.24. The topological polar surface area (TPSA) is 0 Å². The fraction of sp³-hybridized carbons (Fsp3) is 0.300. The van der Waals surface area contributed by atoms with Crippen molar-refractivity contribution in [1.82, 2.24) is 0 Å². The summed E-state index contributed by atoms with van der Waals surface area (Å²) in [7, 11) is 0. The van der Waals surface area contributed by atoms with E-state index < -0.39 is 0 Å². The van der Waals surface area contributed by atoms with Crippen LogP contribution in [0.4, 0.5) is 0 Å². The van der Waals surface area contributed by atoms with Crippen LogP contribution in [0.5, 0.6) is 0 Å². The number of hydrogen-bond donors (Lipinski definition) is 0. The lowest BCUT2D eigenvalue weighted by Gasteiger charge is -2.06. The molecule has 0 heterocycles. The third-order valence-electron chi connectivity index (χ3n) is 3.34. The molecular formula is C20H24. The lowest BCUT2D eigenvalue weighted by Crippen LogP contribution is -1.88.